The topological polar surface area (TPSA) is 75.6 Å². The number of hydrogen-bond acceptors (Lipinski definition) is 3. The summed E-state index contributed by atoms with van der Waals surface area (Å²) in [7, 11) is 0. The molecule has 110 valence electrons. The fourth-order valence-electron chi connectivity index (χ4n) is 3.82. The smallest absolute Gasteiger partial charge is 0.307 e. The Kier molecular flexibility index (Phi) is 3.78. The van der Waals surface area contributed by atoms with Gasteiger partial charge in [-0.2, -0.15) is 0 Å². The lowest BCUT2D eigenvalue weighted by Crippen LogP contribution is -2.43. The van der Waals surface area contributed by atoms with Crippen molar-refractivity contribution in [2.24, 2.45) is 23.7 Å². The molecule has 1 heterocycles. The highest BCUT2D eigenvalue weighted by molar-refractivity contribution is 5.86. The maximum Gasteiger partial charge on any atom is 0.307 e. The Bertz CT molecular complexity index is 428. The zero-order valence-corrected chi connectivity index (χ0v) is 11.5. The number of amides is 1. The maximum atomic E-state index is 12.3. The molecule has 3 aliphatic rings. The van der Waals surface area contributed by atoms with E-state index in [0.29, 0.717) is 6.54 Å². The highest BCUT2D eigenvalue weighted by Gasteiger charge is 2.51. The van der Waals surface area contributed by atoms with Crippen molar-refractivity contribution in [1.82, 2.24) is 5.32 Å². The molecule has 5 heteroatoms. The molecule has 0 aromatic heterocycles. The van der Waals surface area contributed by atoms with Gasteiger partial charge in [0.15, 0.2) is 0 Å². The number of hydrogen-bond donors (Lipinski definition) is 2. The predicted octanol–water partition coefficient (Wildman–Crippen LogP) is 1.19. The van der Waals surface area contributed by atoms with Crippen LogP contribution in [0, 0.1) is 23.7 Å². The number of allylic oxidation sites excluding steroid dienone is 2. The number of nitrogens with one attached hydrogen (secondary N) is 1. The molecular weight excluding hydrogens is 258 g/mol. The van der Waals surface area contributed by atoms with Crippen LogP contribution in [0.5, 0.6) is 0 Å². The predicted molar refractivity (Wildman–Crippen MR) is 72.0 cm³/mol. The molecule has 2 aliphatic carbocycles. The Morgan fingerprint density at radius 1 is 1.20 bits per heavy atom. The van der Waals surface area contributed by atoms with E-state index in [1.165, 1.54) is 0 Å². The van der Waals surface area contributed by atoms with Gasteiger partial charge < -0.3 is 15.2 Å². The Labute approximate surface area is 118 Å². The fourth-order valence-corrected chi connectivity index (χ4v) is 3.82. The summed E-state index contributed by atoms with van der Waals surface area (Å²) in [4.78, 5) is 23.7. The molecule has 0 aromatic carbocycles. The van der Waals surface area contributed by atoms with Gasteiger partial charge in [-0.15, -0.1) is 0 Å². The van der Waals surface area contributed by atoms with Crippen LogP contribution in [0.2, 0.25) is 0 Å². The molecule has 0 aromatic rings. The Morgan fingerprint density at radius 3 is 2.60 bits per heavy atom. The number of carbonyl (C=O) groups is 2. The average Bonchev–Trinajstić information content (AvgIpc) is 3.06. The number of ether oxygens (including phenoxy) is 1. The molecule has 2 bridgehead atoms. The highest BCUT2D eigenvalue weighted by Crippen LogP contribution is 2.48. The van der Waals surface area contributed by atoms with E-state index < -0.39 is 17.8 Å². The molecule has 3 unspecified atom stereocenters. The van der Waals surface area contributed by atoms with E-state index in [1.54, 1.807) is 0 Å². The monoisotopic (exact) mass is 279 g/mol. The van der Waals surface area contributed by atoms with Crippen molar-refractivity contribution in [1.29, 1.82) is 0 Å². The summed E-state index contributed by atoms with van der Waals surface area (Å²) < 4.78 is 5.58. The van der Waals surface area contributed by atoms with Crippen molar-refractivity contribution in [3.05, 3.63) is 12.2 Å². The molecule has 2 fully saturated rings. The third-order valence-electron chi connectivity index (χ3n) is 4.83. The van der Waals surface area contributed by atoms with Crippen LogP contribution in [0.1, 0.15) is 25.7 Å². The van der Waals surface area contributed by atoms with E-state index in [-0.39, 0.29) is 23.8 Å². The van der Waals surface area contributed by atoms with Crippen LogP contribution in [0.25, 0.3) is 0 Å². The zero-order valence-electron chi connectivity index (χ0n) is 11.5. The van der Waals surface area contributed by atoms with Gasteiger partial charge in [0.25, 0.3) is 0 Å². The summed E-state index contributed by atoms with van der Waals surface area (Å²) in [6.07, 6.45) is 8.04. The second-order valence-electron chi connectivity index (χ2n) is 6.07. The Balaban J connectivity index is 1.58. The third-order valence-corrected chi connectivity index (χ3v) is 4.83. The first-order chi connectivity index (χ1) is 9.66. The van der Waals surface area contributed by atoms with Gasteiger partial charge in [0, 0.05) is 13.2 Å². The van der Waals surface area contributed by atoms with Crippen molar-refractivity contribution in [3.8, 4) is 0 Å². The molecule has 3 rings (SSSR count). The summed E-state index contributed by atoms with van der Waals surface area (Å²) in [5.74, 6) is -1.82. The largest absolute Gasteiger partial charge is 0.481 e. The molecule has 1 saturated carbocycles. The standard InChI is InChI=1S/C15H21NO4/c17-14(16-8-11-3-1-2-6-20-11)12-9-4-5-10(7-9)13(12)15(18)19/h4-5,9-13H,1-3,6-8H2,(H,16,17)(H,18,19)/t9?,10?,11?,12-,13+/m0/s1. The van der Waals surface area contributed by atoms with Crippen molar-refractivity contribution >= 4 is 11.9 Å². The molecule has 0 spiro atoms. The molecule has 1 saturated heterocycles. The Morgan fingerprint density at radius 2 is 1.95 bits per heavy atom. The molecule has 1 amide bonds. The summed E-state index contributed by atoms with van der Waals surface area (Å²) >= 11 is 0. The summed E-state index contributed by atoms with van der Waals surface area (Å²) in [6.45, 7) is 1.26. The first-order valence-corrected chi connectivity index (χ1v) is 7.47. The van der Waals surface area contributed by atoms with Gasteiger partial charge in [0.1, 0.15) is 0 Å². The van der Waals surface area contributed by atoms with Crippen molar-refractivity contribution in [3.63, 3.8) is 0 Å². The van der Waals surface area contributed by atoms with Crippen molar-refractivity contribution in [2.45, 2.75) is 31.8 Å². The maximum absolute atomic E-state index is 12.3. The number of carbonyl (C=O) groups excluding carboxylic acids is 1. The number of carboxylic acids is 1. The van der Waals surface area contributed by atoms with Crippen LogP contribution in [0.4, 0.5) is 0 Å². The highest BCUT2D eigenvalue weighted by atomic mass is 16.5. The average molecular weight is 279 g/mol. The first-order valence-electron chi connectivity index (χ1n) is 7.47. The molecule has 2 N–H and O–H groups in total. The summed E-state index contributed by atoms with van der Waals surface area (Å²) in [6, 6.07) is 0. The van der Waals surface area contributed by atoms with Crippen molar-refractivity contribution < 1.29 is 19.4 Å². The molecule has 5 atom stereocenters. The van der Waals surface area contributed by atoms with Gasteiger partial charge in [-0.3, -0.25) is 9.59 Å². The number of aliphatic carboxylic acids is 1. The second kappa shape index (κ2) is 5.56. The fraction of sp³-hybridized carbons (Fsp3) is 0.733. The molecule has 1 aliphatic heterocycles. The number of fused-ring (bicyclic) bond motifs is 2. The van der Waals surface area contributed by atoms with E-state index in [1.807, 2.05) is 12.2 Å². The van der Waals surface area contributed by atoms with Crippen LogP contribution in [-0.4, -0.2) is 36.2 Å². The van der Waals surface area contributed by atoms with Gasteiger partial charge in [0.2, 0.25) is 5.91 Å². The van der Waals surface area contributed by atoms with E-state index in [2.05, 4.69) is 5.32 Å². The Hall–Kier alpha value is -1.36. The van der Waals surface area contributed by atoms with E-state index in [0.717, 1.165) is 32.3 Å². The van der Waals surface area contributed by atoms with Crippen LogP contribution < -0.4 is 5.32 Å². The van der Waals surface area contributed by atoms with Crippen LogP contribution >= 0.6 is 0 Å². The quantitative estimate of drug-likeness (QED) is 0.758. The lowest BCUT2D eigenvalue weighted by molar-refractivity contribution is -0.148. The molecular formula is C15H21NO4. The minimum atomic E-state index is -0.851. The summed E-state index contributed by atoms with van der Waals surface area (Å²) in [5, 5.41) is 12.2. The summed E-state index contributed by atoms with van der Waals surface area (Å²) in [5.41, 5.74) is 0. The normalized spacial score (nSPS) is 38.9. The minimum absolute atomic E-state index is 0.0270. The van der Waals surface area contributed by atoms with Gasteiger partial charge >= 0.3 is 5.97 Å². The SMILES string of the molecule is O=C(O)[C@@H]1C2C=CC(C2)[C@@H]1C(=O)NCC1CCCCO1. The minimum Gasteiger partial charge on any atom is -0.481 e. The second-order valence-corrected chi connectivity index (χ2v) is 6.07. The van der Waals surface area contributed by atoms with Gasteiger partial charge in [-0.1, -0.05) is 12.2 Å². The van der Waals surface area contributed by atoms with E-state index in [4.69, 9.17) is 4.74 Å². The van der Waals surface area contributed by atoms with E-state index in [9.17, 15) is 14.7 Å². The molecule has 5 nitrogen and oxygen atoms in total. The van der Waals surface area contributed by atoms with Gasteiger partial charge in [0.05, 0.1) is 17.9 Å². The van der Waals surface area contributed by atoms with Crippen LogP contribution in [0.15, 0.2) is 12.2 Å². The van der Waals surface area contributed by atoms with Gasteiger partial charge in [-0.05, 0) is 37.5 Å². The number of rotatable bonds is 4. The van der Waals surface area contributed by atoms with Crippen molar-refractivity contribution in [2.75, 3.05) is 13.2 Å². The lowest BCUT2D eigenvalue weighted by Gasteiger charge is -2.26. The first kappa shape index (κ1) is 13.6. The molecule has 0 radical (unpaired) electrons. The number of carboxylic acid groups (broad SMARTS) is 1. The van der Waals surface area contributed by atoms with Crippen LogP contribution in [-0.2, 0) is 14.3 Å². The van der Waals surface area contributed by atoms with E-state index >= 15 is 0 Å². The lowest BCUT2D eigenvalue weighted by atomic mass is 9.82. The molecule has 20 heavy (non-hydrogen) atoms. The zero-order chi connectivity index (χ0) is 14.1. The third kappa shape index (κ3) is 2.46. The van der Waals surface area contributed by atoms with Gasteiger partial charge in [-0.25, -0.2) is 0 Å². The van der Waals surface area contributed by atoms with Crippen LogP contribution in [0.3, 0.4) is 0 Å².